The molecule has 3 rings (SSSR count). The number of benzene rings is 1. The molecule has 0 bridgehead atoms. The third kappa shape index (κ3) is 5.00. The van der Waals surface area contributed by atoms with Crippen molar-refractivity contribution >= 4 is 28.8 Å². The number of nitrogens with zero attached hydrogens (tertiary/aromatic N) is 1. The maximum Gasteiger partial charge on any atom is 0.260 e. The van der Waals surface area contributed by atoms with E-state index < -0.39 is 0 Å². The van der Waals surface area contributed by atoms with E-state index in [2.05, 4.69) is 18.3 Å². The highest BCUT2D eigenvalue weighted by Gasteiger charge is 2.20. The molecule has 1 aromatic carbocycles. The summed E-state index contributed by atoms with van der Waals surface area (Å²) in [5, 5.41) is 3.57. The molecular weight excluding hydrogens is 368 g/mol. The van der Waals surface area contributed by atoms with Gasteiger partial charge in [0, 0.05) is 36.1 Å². The van der Waals surface area contributed by atoms with E-state index in [1.165, 1.54) is 4.88 Å². The first-order valence-electron chi connectivity index (χ1n) is 9.14. The van der Waals surface area contributed by atoms with Crippen molar-refractivity contribution in [2.24, 2.45) is 0 Å². The Morgan fingerprint density at radius 2 is 2.04 bits per heavy atom. The monoisotopic (exact) mass is 392 g/mol. The minimum Gasteiger partial charge on any atom is -0.483 e. The SMILES string of the molecule is CCC(NCc1ccc(Cl)s1)c1ccccc1OCC(=O)N1CCCC1. The minimum absolute atomic E-state index is 0.0755. The van der Waals surface area contributed by atoms with Crippen LogP contribution in [0.15, 0.2) is 36.4 Å². The molecule has 1 amide bonds. The summed E-state index contributed by atoms with van der Waals surface area (Å²) in [5.41, 5.74) is 1.09. The van der Waals surface area contributed by atoms with Gasteiger partial charge in [0.1, 0.15) is 5.75 Å². The number of carbonyl (C=O) groups is 1. The third-order valence-corrected chi connectivity index (χ3v) is 5.90. The number of thiophene rings is 1. The molecule has 1 unspecified atom stereocenters. The van der Waals surface area contributed by atoms with Gasteiger partial charge >= 0.3 is 0 Å². The molecular formula is C20H25ClN2O2S. The van der Waals surface area contributed by atoms with Crippen molar-refractivity contribution in [1.29, 1.82) is 0 Å². The number of para-hydroxylation sites is 1. The molecule has 4 nitrogen and oxygen atoms in total. The zero-order chi connectivity index (χ0) is 18.4. The predicted molar refractivity (Wildman–Crippen MR) is 107 cm³/mol. The second-order valence-corrected chi connectivity index (χ2v) is 8.26. The molecule has 1 aliphatic heterocycles. The highest BCUT2D eigenvalue weighted by Crippen LogP contribution is 2.28. The number of carbonyl (C=O) groups excluding carboxylic acids is 1. The molecule has 2 aromatic rings. The third-order valence-electron chi connectivity index (χ3n) is 4.66. The first-order chi connectivity index (χ1) is 12.7. The maximum atomic E-state index is 12.3. The molecule has 0 spiro atoms. The molecule has 1 fully saturated rings. The minimum atomic E-state index is 0.0755. The largest absolute Gasteiger partial charge is 0.483 e. The fourth-order valence-electron chi connectivity index (χ4n) is 3.24. The lowest BCUT2D eigenvalue weighted by atomic mass is 10.0. The van der Waals surface area contributed by atoms with Crippen molar-refractivity contribution in [3.05, 3.63) is 51.2 Å². The van der Waals surface area contributed by atoms with Crippen LogP contribution in [-0.2, 0) is 11.3 Å². The molecule has 0 saturated carbocycles. The summed E-state index contributed by atoms with van der Waals surface area (Å²) in [7, 11) is 0. The fraction of sp³-hybridized carbons (Fsp3) is 0.450. The Morgan fingerprint density at radius 1 is 1.27 bits per heavy atom. The van der Waals surface area contributed by atoms with Crippen LogP contribution in [0.5, 0.6) is 5.75 Å². The van der Waals surface area contributed by atoms with E-state index >= 15 is 0 Å². The molecule has 26 heavy (non-hydrogen) atoms. The number of halogens is 1. The molecule has 1 N–H and O–H groups in total. The average molecular weight is 393 g/mol. The van der Waals surface area contributed by atoms with E-state index in [0.717, 1.165) is 54.5 Å². The molecule has 1 aliphatic rings. The summed E-state index contributed by atoms with van der Waals surface area (Å²) in [6.07, 6.45) is 3.12. The van der Waals surface area contributed by atoms with Gasteiger partial charge in [0.05, 0.1) is 4.34 Å². The van der Waals surface area contributed by atoms with Crippen LogP contribution in [0.3, 0.4) is 0 Å². The van der Waals surface area contributed by atoms with Gasteiger partial charge in [-0.3, -0.25) is 4.79 Å². The topological polar surface area (TPSA) is 41.6 Å². The van der Waals surface area contributed by atoms with Crippen LogP contribution in [0.1, 0.15) is 42.7 Å². The second kappa shape index (κ2) is 9.40. The Bertz CT molecular complexity index is 728. The zero-order valence-corrected chi connectivity index (χ0v) is 16.6. The molecule has 140 valence electrons. The van der Waals surface area contributed by atoms with Crippen LogP contribution < -0.4 is 10.1 Å². The van der Waals surface area contributed by atoms with E-state index in [0.29, 0.717) is 0 Å². The predicted octanol–water partition coefficient (Wildman–Crippen LogP) is 4.64. The van der Waals surface area contributed by atoms with Crippen molar-refractivity contribution in [3.63, 3.8) is 0 Å². The lowest BCUT2D eigenvalue weighted by Gasteiger charge is -2.21. The molecule has 6 heteroatoms. The van der Waals surface area contributed by atoms with Gasteiger partial charge < -0.3 is 15.0 Å². The van der Waals surface area contributed by atoms with Crippen LogP contribution in [0.25, 0.3) is 0 Å². The van der Waals surface area contributed by atoms with Gasteiger partial charge in [-0.15, -0.1) is 11.3 Å². The van der Waals surface area contributed by atoms with Crippen molar-refractivity contribution in [2.45, 2.75) is 38.8 Å². The summed E-state index contributed by atoms with van der Waals surface area (Å²) in [4.78, 5) is 15.3. The van der Waals surface area contributed by atoms with Gasteiger partial charge in [-0.05, 0) is 37.5 Å². The Balaban J connectivity index is 1.62. The van der Waals surface area contributed by atoms with Crippen LogP contribution in [0.4, 0.5) is 0 Å². The Labute approximate surface area is 164 Å². The van der Waals surface area contributed by atoms with E-state index in [-0.39, 0.29) is 18.6 Å². The first-order valence-corrected chi connectivity index (χ1v) is 10.3. The van der Waals surface area contributed by atoms with E-state index in [1.54, 1.807) is 11.3 Å². The summed E-state index contributed by atoms with van der Waals surface area (Å²) in [6.45, 7) is 4.72. The first kappa shape index (κ1) is 19.2. The number of hydrogen-bond donors (Lipinski definition) is 1. The van der Waals surface area contributed by atoms with Crippen molar-refractivity contribution in [1.82, 2.24) is 10.2 Å². The highest BCUT2D eigenvalue weighted by molar-refractivity contribution is 7.16. The maximum absolute atomic E-state index is 12.3. The van der Waals surface area contributed by atoms with Crippen LogP contribution >= 0.6 is 22.9 Å². The number of hydrogen-bond acceptors (Lipinski definition) is 4. The number of ether oxygens (including phenoxy) is 1. The van der Waals surface area contributed by atoms with E-state index in [4.69, 9.17) is 16.3 Å². The summed E-state index contributed by atoms with van der Waals surface area (Å²) >= 11 is 7.60. The number of nitrogens with one attached hydrogen (secondary N) is 1. The molecule has 1 saturated heterocycles. The van der Waals surface area contributed by atoms with Gasteiger partial charge in [0.25, 0.3) is 5.91 Å². The average Bonchev–Trinajstić information content (AvgIpc) is 3.33. The van der Waals surface area contributed by atoms with Crippen molar-refractivity contribution < 1.29 is 9.53 Å². The molecule has 0 radical (unpaired) electrons. The Hall–Kier alpha value is -1.56. The molecule has 2 heterocycles. The summed E-state index contributed by atoms with van der Waals surface area (Å²) in [5.74, 6) is 0.857. The van der Waals surface area contributed by atoms with Gasteiger partial charge in [0.2, 0.25) is 0 Å². The Morgan fingerprint density at radius 3 is 2.73 bits per heavy atom. The quantitative estimate of drug-likeness (QED) is 0.711. The lowest BCUT2D eigenvalue weighted by Crippen LogP contribution is -2.32. The normalized spacial score (nSPS) is 15.2. The second-order valence-electron chi connectivity index (χ2n) is 6.46. The van der Waals surface area contributed by atoms with Gasteiger partial charge in [-0.25, -0.2) is 0 Å². The standard InChI is InChI=1S/C20H25ClN2O2S/c1-2-17(22-13-15-9-10-19(21)26-15)16-7-3-4-8-18(16)25-14-20(24)23-11-5-6-12-23/h3-4,7-10,17,22H,2,5-6,11-14H2,1H3. The lowest BCUT2D eigenvalue weighted by molar-refractivity contribution is -0.132. The number of amides is 1. The fourth-order valence-corrected chi connectivity index (χ4v) is 4.28. The summed E-state index contributed by atoms with van der Waals surface area (Å²) < 4.78 is 6.71. The van der Waals surface area contributed by atoms with Crippen molar-refractivity contribution in [3.8, 4) is 5.75 Å². The molecule has 1 atom stereocenters. The number of rotatable bonds is 8. The Kier molecular flexibility index (Phi) is 6.94. The van der Waals surface area contributed by atoms with E-state index in [1.807, 2.05) is 35.2 Å². The highest BCUT2D eigenvalue weighted by atomic mass is 35.5. The molecule has 0 aliphatic carbocycles. The zero-order valence-electron chi connectivity index (χ0n) is 15.0. The van der Waals surface area contributed by atoms with Crippen LogP contribution in [-0.4, -0.2) is 30.5 Å². The van der Waals surface area contributed by atoms with Gasteiger partial charge in [-0.1, -0.05) is 36.7 Å². The number of likely N-dealkylation sites (tertiary alicyclic amines) is 1. The van der Waals surface area contributed by atoms with Gasteiger partial charge in [0.15, 0.2) is 6.61 Å². The summed E-state index contributed by atoms with van der Waals surface area (Å²) in [6, 6.07) is 12.1. The van der Waals surface area contributed by atoms with E-state index in [9.17, 15) is 4.79 Å². The van der Waals surface area contributed by atoms with Crippen molar-refractivity contribution in [2.75, 3.05) is 19.7 Å². The van der Waals surface area contributed by atoms with Crippen LogP contribution in [0.2, 0.25) is 4.34 Å². The smallest absolute Gasteiger partial charge is 0.260 e. The van der Waals surface area contributed by atoms with Crippen LogP contribution in [0, 0.1) is 0 Å². The van der Waals surface area contributed by atoms with Gasteiger partial charge in [-0.2, -0.15) is 0 Å². The molecule has 1 aromatic heterocycles.